The van der Waals surface area contributed by atoms with Crippen LogP contribution in [0.4, 0.5) is 0 Å². The van der Waals surface area contributed by atoms with Crippen LogP contribution < -0.4 is 0 Å². The van der Waals surface area contributed by atoms with Gasteiger partial charge in [0.25, 0.3) is 0 Å². The van der Waals surface area contributed by atoms with Crippen LogP contribution in [0.15, 0.2) is 27.7 Å². The van der Waals surface area contributed by atoms with E-state index >= 15 is 0 Å². The summed E-state index contributed by atoms with van der Waals surface area (Å²) >= 11 is 2.61. The van der Waals surface area contributed by atoms with Crippen LogP contribution in [-0.2, 0) is 14.3 Å². The normalized spacial score (nSPS) is 25.2. The predicted molar refractivity (Wildman–Crippen MR) is 84.3 cm³/mol. The maximum absolute atomic E-state index is 12.2. The highest BCUT2D eigenvalue weighted by atomic mass is 32.2. The van der Waals surface area contributed by atoms with E-state index in [4.69, 9.17) is 9.94 Å². The molecule has 120 valence electrons. The highest BCUT2D eigenvalue weighted by Crippen LogP contribution is 2.53. The quantitative estimate of drug-likeness (QED) is 0.177. The molecule has 0 aliphatic carbocycles. The fourth-order valence-corrected chi connectivity index (χ4v) is 4.89. The fourth-order valence-electron chi connectivity index (χ4n) is 2.19. The summed E-state index contributed by atoms with van der Waals surface area (Å²) < 4.78 is 5.65. The number of rotatable bonds is 7. The molecule has 0 radical (unpaired) electrons. The van der Waals surface area contributed by atoms with Crippen LogP contribution in [0.3, 0.4) is 0 Å². The molecule has 2 aliphatic heterocycles. The van der Waals surface area contributed by atoms with Gasteiger partial charge < -0.3 is 15.1 Å². The highest BCUT2D eigenvalue weighted by molar-refractivity contribution is 8.23. The SMILES string of the molecule is C=CCOC(=O)C1=C(SCC=NO)S[C@@H]2C(C(C)O)C(=O)N12. The fraction of sp³-hybridized carbons (Fsp3) is 0.462. The summed E-state index contributed by atoms with van der Waals surface area (Å²) in [6.07, 6.45) is 1.95. The first-order chi connectivity index (χ1) is 10.5. The summed E-state index contributed by atoms with van der Waals surface area (Å²) in [6, 6.07) is 0. The molecule has 7 nitrogen and oxygen atoms in total. The van der Waals surface area contributed by atoms with Crippen molar-refractivity contribution in [3.63, 3.8) is 0 Å². The van der Waals surface area contributed by atoms with Crippen molar-refractivity contribution < 1.29 is 24.6 Å². The van der Waals surface area contributed by atoms with E-state index in [1.165, 1.54) is 40.7 Å². The minimum Gasteiger partial charge on any atom is -0.457 e. The molecule has 1 amide bonds. The third-order valence-corrected chi connectivity index (χ3v) is 5.73. The van der Waals surface area contributed by atoms with Crippen LogP contribution in [0, 0.1) is 5.92 Å². The van der Waals surface area contributed by atoms with Crippen molar-refractivity contribution in [2.24, 2.45) is 11.1 Å². The van der Waals surface area contributed by atoms with E-state index in [0.29, 0.717) is 9.99 Å². The van der Waals surface area contributed by atoms with Gasteiger partial charge in [0, 0.05) is 5.75 Å². The molecule has 1 fully saturated rings. The van der Waals surface area contributed by atoms with E-state index in [1.807, 2.05) is 0 Å². The van der Waals surface area contributed by atoms with Crippen molar-refractivity contribution in [3.05, 3.63) is 22.6 Å². The van der Waals surface area contributed by atoms with Gasteiger partial charge in [0.15, 0.2) is 5.70 Å². The summed E-state index contributed by atoms with van der Waals surface area (Å²) in [7, 11) is 0. The van der Waals surface area contributed by atoms with E-state index in [9.17, 15) is 14.7 Å². The number of oxime groups is 1. The Labute approximate surface area is 136 Å². The average Bonchev–Trinajstić information content (AvgIpc) is 2.79. The van der Waals surface area contributed by atoms with Gasteiger partial charge >= 0.3 is 5.97 Å². The second-order valence-electron chi connectivity index (χ2n) is 4.62. The third kappa shape index (κ3) is 3.01. The van der Waals surface area contributed by atoms with Crippen LogP contribution in [0.25, 0.3) is 0 Å². The van der Waals surface area contributed by atoms with Crippen molar-refractivity contribution in [3.8, 4) is 0 Å². The molecular formula is C13H16N2O5S2. The van der Waals surface area contributed by atoms with Crippen LogP contribution in [0.5, 0.6) is 0 Å². The number of thioether (sulfide) groups is 2. The molecule has 0 bridgehead atoms. The Balaban J connectivity index is 2.20. The maximum Gasteiger partial charge on any atom is 0.357 e. The molecule has 1 saturated heterocycles. The zero-order chi connectivity index (χ0) is 16.3. The van der Waals surface area contributed by atoms with Gasteiger partial charge in [-0.2, -0.15) is 0 Å². The number of aliphatic hydroxyl groups excluding tert-OH is 1. The molecule has 2 heterocycles. The number of carbonyl (C=O) groups is 2. The third-order valence-electron chi connectivity index (χ3n) is 3.16. The molecule has 0 aromatic rings. The summed E-state index contributed by atoms with van der Waals surface area (Å²) in [5, 5.41) is 20.7. The predicted octanol–water partition coefficient (Wildman–Crippen LogP) is 0.990. The van der Waals surface area contributed by atoms with Gasteiger partial charge in [0.1, 0.15) is 12.0 Å². The van der Waals surface area contributed by atoms with Crippen LogP contribution in [-0.4, -0.2) is 57.1 Å². The van der Waals surface area contributed by atoms with Gasteiger partial charge in [-0.1, -0.05) is 24.4 Å². The van der Waals surface area contributed by atoms with E-state index in [0.717, 1.165) is 0 Å². The molecule has 0 spiro atoms. The first kappa shape index (κ1) is 16.9. The first-order valence-corrected chi connectivity index (χ1v) is 8.38. The van der Waals surface area contributed by atoms with E-state index in [1.54, 1.807) is 6.92 Å². The molecular weight excluding hydrogens is 328 g/mol. The molecule has 0 aromatic carbocycles. The van der Waals surface area contributed by atoms with E-state index in [-0.39, 0.29) is 23.6 Å². The second kappa shape index (κ2) is 7.21. The van der Waals surface area contributed by atoms with Gasteiger partial charge in [-0.3, -0.25) is 9.69 Å². The lowest BCUT2D eigenvalue weighted by Crippen LogP contribution is -2.60. The second-order valence-corrected chi connectivity index (χ2v) is 7.03. The Hall–Kier alpha value is -1.45. The minimum absolute atomic E-state index is 0.0512. The Morgan fingerprint density at radius 3 is 3.00 bits per heavy atom. The lowest BCUT2D eigenvalue weighted by molar-refractivity contribution is -0.157. The largest absolute Gasteiger partial charge is 0.457 e. The molecule has 2 aliphatic rings. The Morgan fingerprint density at radius 1 is 1.68 bits per heavy atom. The molecule has 2 unspecified atom stereocenters. The number of amides is 1. The number of ether oxygens (including phenoxy) is 1. The number of carbonyl (C=O) groups excluding carboxylic acids is 2. The Bertz CT molecular complexity index is 547. The topological polar surface area (TPSA) is 99.4 Å². The average molecular weight is 344 g/mol. The number of aliphatic hydroxyl groups is 1. The molecule has 2 rings (SSSR count). The lowest BCUT2D eigenvalue weighted by Gasteiger charge is -2.43. The zero-order valence-corrected chi connectivity index (χ0v) is 13.5. The Kier molecular flexibility index (Phi) is 5.54. The summed E-state index contributed by atoms with van der Waals surface area (Å²) in [5.41, 5.74) is 0.190. The number of fused-ring (bicyclic) bond motifs is 1. The van der Waals surface area contributed by atoms with Crippen molar-refractivity contribution in [1.82, 2.24) is 4.90 Å². The molecule has 3 atom stereocenters. The van der Waals surface area contributed by atoms with Crippen molar-refractivity contribution in [2.45, 2.75) is 18.4 Å². The molecule has 0 saturated carbocycles. The van der Waals surface area contributed by atoms with Gasteiger partial charge in [-0.25, -0.2) is 4.79 Å². The van der Waals surface area contributed by atoms with E-state index in [2.05, 4.69) is 11.7 Å². The molecule has 2 N–H and O–H groups in total. The standard InChI is InChI=1S/C13H16N2O5S2/c1-3-5-20-12(18)9-13(21-6-4-14-19)22-11-8(7(2)16)10(17)15(9)11/h3-4,7-8,11,16,19H,1,5-6H2,2H3/t7?,8?,11-/m1/s1. The molecule has 0 aromatic heterocycles. The number of hydrogen-bond acceptors (Lipinski definition) is 8. The summed E-state index contributed by atoms with van der Waals surface area (Å²) in [4.78, 5) is 25.7. The van der Waals surface area contributed by atoms with Crippen LogP contribution >= 0.6 is 23.5 Å². The number of nitrogens with zero attached hydrogens (tertiary/aromatic N) is 2. The smallest absolute Gasteiger partial charge is 0.357 e. The monoisotopic (exact) mass is 344 g/mol. The van der Waals surface area contributed by atoms with Gasteiger partial charge in [-0.15, -0.1) is 16.9 Å². The van der Waals surface area contributed by atoms with Gasteiger partial charge in [0.2, 0.25) is 5.91 Å². The summed E-state index contributed by atoms with van der Waals surface area (Å²) in [6.45, 7) is 5.08. The molecule has 22 heavy (non-hydrogen) atoms. The van der Waals surface area contributed by atoms with Crippen molar-refractivity contribution in [1.29, 1.82) is 0 Å². The lowest BCUT2D eigenvalue weighted by atomic mass is 9.92. The number of β-lactam (4-membered cyclic amide) rings is 1. The number of hydrogen-bond donors (Lipinski definition) is 2. The van der Waals surface area contributed by atoms with Crippen molar-refractivity contribution >= 4 is 41.6 Å². The van der Waals surface area contributed by atoms with Gasteiger partial charge in [0.05, 0.1) is 22.5 Å². The van der Waals surface area contributed by atoms with Gasteiger partial charge in [-0.05, 0) is 6.92 Å². The van der Waals surface area contributed by atoms with Crippen molar-refractivity contribution in [2.75, 3.05) is 12.4 Å². The minimum atomic E-state index is -0.782. The maximum atomic E-state index is 12.2. The molecule has 9 heteroatoms. The summed E-state index contributed by atoms with van der Waals surface area (Å²) in [5.74, 6) is -1.07. The van der Waals surface area contributed by atoms with E-state index < -0.39 is 18.0 Å². The van der Waals surface area contributed by atoms with Crippen LogP contribution in [0.1, 0.15) is 6.92 Å². The zero-order valence-electron chi connectivity index (χ0n) is 11.8. The number of esters is 1. The van der Waals surface area contributed by atoms with Crippen LogP contribution in [0.2, 0.25) is 0 Å². The first-order valence-electron chi connectivity index (χ1n) is 6.51. The highest BCUT2D eigenvalue weighted by Gasteiger charge is 2.57. The Morgan fingerprint density at radius 2 is 2.41 bits per heavy atom.